The van der Waals surface area contributed by atoms with Crippen molar-refractivity contribution >= 4 is 52.0 Å². The summed E-state index contributed by atoms with van der Waals surface area (Å²) < 4.78 is 94.1. The van der Waals surface area contributed by atoms with Crippen LogP contribution in [0.3, 0.4) is 0 Å². The van der Waals surface area contributed by atoms with Gasteiger partial charge in [-0.3, -0.25) is 13.7 Å². The summed E-state index contributed by atoms with van der Waals surface area (Å²) in [6.45, 7) is 0.866. The second-order valence-electron chi connectivity index (χ2n) is 3.80. The predicted molar refractivity (Wildman–Crippen MR) is 73.1 cm³/mol. The molecule has 0 aliphatic rings. The van der Waals surface area contributed by atoms with E-state index in [1.165, 1.54) is 0 Å². The first-order valence-corrected chi connectivity index (χ1v) is 9.89. The van der Waals surface area contributed by atoms with Crippen molar-refractivity contribution in [1.29, 1.82) is 5.39 Å². The highest BCUT2D eigenvalue weighted by atomic mass is 79.9. The molecule has 16 heteroatoms. The maximum atomic E-state index is 11.3. The van der Waals surface area contributed by atoms with Crippen molar-refractivity contribution in [1.82, 2.24) is 0 Å². The highest BCUT2D eigenvalue weighted by molar-refractivity contribution is 9.10. The van der Waals surface area contributed by atoms with Crippen molar-refractivity contribution in [2.45, 2.75) is 21.6 Å². The van der Waals surface area contributed by atoms with Crippen molar-refractivity contribution < 1.29 is 55.9 Å². The lowest BCUT2D eigenvalue weighted by Crippen LogP contribution is -3.00. The summed E-state index contributed by atoms with van der Waals surface area (Å²) in [5.74, 6) is 0. The van der Waals surface area contributed by atoms with Gasteiger partial charge in [0.05, 0.1) is 10.0 Å². The smallest absolute Gasteiger partial charge is 0.411 e. The standard InChI is InChI=1S/C7H5BrN2O9S3.BrH/c1-2-4(10-9)7(22(17,18)19)6(21(14,15)16)3(8)5(2)20(11,12)13;/h1H3,(H2-,11,12,13,14,15,16,17,18,19);1H. The lowest BCUT2D eigenvalue weighted by atomic mass is 10.2. The molecule has 1 rings (SSSR count). The molecule has 0 aromatic heterocycles. The Morgan fingerprint density at radius 3 is 1.48 bits per heavy atom. The molecule has 23 heavy (non-hydrogen) atoms. The molecule has 0 unspecified atom stereocenters. The number of rotatable bonds is 3. The van der Waals surface area contributed by atoms with E-state index < -0.39 is 60.8 Å². The van der Waals surface area contributed by atoms with Crippen molar-refractivity contribution in [3.05, 3.63) is 15.0 Å². The Morgan fingerprint density at radius 2 is 1.22 bits per heavy atom. The lowest BCUT2D eigenvalue weighted by molar-refractivity contribution is -0.0000170. The highest BCUT2D eigenvalue weighted by Gasteiger charge is 2.42. The summed E-state index contributed by atoms with van der Waals surface area (Å²) in [4.78, 5) is -1.92. The Balaban J connectivity index is 0.00000484. The van der Waals surface area contributed by atoms with Gasteiger partial charge >= 0.3 is 15.8 Å². The monoisotopic (exact) mass is 516 g/mol. The molecule has 0 spiro atoms. The summed E-state index contributed by atoms with van der Waals surface area (Å²) in [6.07, 6.45) is 0. The third kappa shape index (κ3) is 4.24. The van der Waals surface area contributed by atoms with Gasteiger partial charge in [-0.15, -0.1) is 0 Å². The summed E-state index contributed by atoms with van der Waals surface area (Å²) in [6, 6.07) is 0. The first kappa shape index (κ1) is 22.3. The number of nitrogens with zero attached hydrogens (tertiary/aromatic N) is 2. The molecule has 0 saturated carbocycles. The van der Waals surface area contributed by atoms with Crippen LogP contribution in [0.2, 0.25) is 0 Å². The first-order chi connectivity index (χ1) is 9.64. The van der Waals surface area contributed by atoms with Crippen LogP contribution in [0.25, 0.3) is 4.98 Å². The minimum atomic E-state index is -5.41. The molecule has 130 valence electrons. The van der Waals surface area contributed by atoms with E-state index in [4.69, 9.17) is 19.1 Å². The van der Waals surface area contributed by atoms with Crippen LogP contribution >= 0.6 is 15.9 Å². The van der Waals surface area contributed by atoms with Crippen LogP contribution in [0.5, 0.6) is 0 Å². The highest BCUT2D eigenvalue weighted by Crippen LogP contribution is 2.43. The molecule has 0 saturated heterocycles. The molecule has 0 fully saturated rings. The molecule has 0 heterocycles. The van der Waals surface area contributed by atoms with Gasteiger partial charge in [-0.2, -0.15) is 25.3 Å². The normalized spacial score (nSPS) is 12.3. The Labute approximate surface area is 149 Å². The van der Waals surface area contributed by atoms with Gasteiger partial charge in [0.15, 0.2) is 4.98 Å². The van der Waals surface area contributed by atoms with Crippen LogP contribution < -0.4 is 17.0 Å². The lowest BCUT2D eigenvalue weighted by Gasteiger charge is -2.10. The largest absolute Gasteiger partial charge is 1.00 e. The van der Waals surface area contributed by atoms with E-state index in [1.807, 2.05) is 0 Å². The number of hydrogen-bond donors (Lipinski definition) is 3. The van der Waals surface area contributed by atoms with Crippen LogP contribution in [0.4, 0.5) is 5.69 Å². The fraction of sp³-hybridized carbons (Fsp3) is 0.143. The van der Waals surface area contributed by atoms with E-state index >= 15 is 0 Å². The molecule has 1 aromatic carbocycles. The van der Waals surface area contributed by atoms with Gasteiger partial charge in [0.1, 0.15) is 9.79 Å². The van der Waals surface area contributed by atoms with Gasteiger partial charge in [-0.05, 0) is 22.9 Å². The molecule has 1 aromatic rings. The minimum Gasteiger partial charge on any atom is -1.00 e. The third-order valence-corrected chi connectivity index (χ3v) is 6.70. The van der Waals surface area contributed by atoms with Crippen molar-refractivity contribution in [3.8, 4) is 0 Å². The average Bonchev–Trinajstić information content (AvgIpc) is 2.22. The molecule has 0 aliphatic heterocycles. The van der Waals surface area contributed by atoms with E-state index in [0.29, 0.717) is 0 Å². The third-order valence-electron chi connectivity index (χ3n) is 2.39. The summed E-state index contributed by atoms with van der Waals surface area (Å²) in [5.41, 5.74) is -1.89. The fourth-order valence-electron chi connectivity index (χ4n) is 1.65. The van der Waals surface area contributed by atoms with Gasteiger partial charge < -0.3 is 17.0 Å². The van der Waals surface area contributed by atoms with Crippen LogP contribution in [0, 0.1) is 12.3 Å². The Hall–Kier alpha value is -0.670. The predicted octanol–water partition coefficient (Wildman–Crippen LogP) is -2.01. The zero-order valence-electron chi connectivity index (χ0n) is 10.7. The van der Waals surface area contributed by atoms with Crippen LogP contribution in [0.1, 0.15) is 5.56 Å². The second-order valence-corrected chi connectivity index (χ2v) is 8.67. The molecular weight excluding hydrogens is 512 g/mol. The zero-order chi connectivity index (χ0) is 17.7. The van der Waals surface area contributed by atoms with Crippen molar-refractivity contribution in [3.63, 3.8) is 0 Å². The van der Waals surface area contributed by atoms with E-state index in [0.717, 1.165) is 6.92 Å². The number of halogens is 2. The Kier molecular flexibility index (Phi) is 6.48. The number of hydrogen-bond acceptors (Lipinski definition) is 7. The maximum Gasteiger partial charge on any atom is 0.411 e. The quantitative estimate of drug-likeness (QED) is 0.298. The van der Waals surface area contributed by atoms with Crippen molar-refractivity contribution in [2.75, 3.05) is 0 Å². The summed E-state index contributed by atoms with van der Waals surface area (Å²) in [5, 5.41) is 8.82. The second kappa shape index (κ2) is 6.68. The Morgan fingerprint density at radius 1 is 0.870 bits per heavy atom. The summed E-state index contributed by atoms with van der Waals surface area (Å²) in [7, 11) is -15.9. The number of benzene rings is 1. The molecule has 0 atom stereocenters. The molecular formula is C7H6Br2N2O9S3. The van der Waals surface area contributed by atoms with E-state index in [1.54, 1.807) is 0 Å². The molecule has 0 amide bonds. The molecule has 0 radical (unpaired) electrons. The van der Waals surface area contributed by atoms with Crippen molar-refractivity contribution in [2.24, 2.45) is 0 Å². The van der Waals surface area contributed by atoms with Crippen LogP contribution in [0.15, 0.2) is 19.2 Å². The maximum absolute atomic E-state index is 11.3. The van der Waals surface area contributed by atoms with Gasteiger partial charge in [0, 0.05) is 0 Å². The zero-order valence-corrected chi connectivity index (χ0v) is 16.3. The average molecular weight is 518 g/mol. The van der Waals surface area contributed by atoms with Gasteiger partial charge in [-0.25, -0.2) is 0 Å². The fourth-order valence-corrected chi connectivity index (χ4v) is 6.45. The van der Waals surface area contributed by atoms with Gasteiger partial charge in [0.25, 0.3) is 20.2 Å². The van der Waals surface area contributed by atoms with Gasteiger partial charge in [0.2, 0.25) is 10.3 Å². The van der Waals surface area contributed by atoms with E-state index in [2.05, 4.69) is 20.9 Å². The SMILES string of the molecule is Cc1c([N+]#N)c(S(=O)(=O)O)c(S(=O)(=O)O)c(Br)c1S(=O)(=O)O.[Br-]. The Bertz CT molecular complexity index is 1020. The molecule has 3 N–H and O–H groups in total. The van der Waals surface area contributed by atoms with E-state index in [9.17, 15) is 25.3 Å². The molecule has 0 aliphatic carbocycles. The first-order valence-electron chi connectivity index (χ1n) is 4.77. The van der Waals surface area contributed by atoms with Gasteiger partial charge in [-0.1, -0.05) is 0 Å². The number of diazo groups is 1. The minimum absolute atomic E-state index is 0. The van der Waals surface area contributed by atoms with Crippen LogP contribution in [-0.4, -0.2) is 38.9 Å². The van der Waals surface area contributed by atoms with Crippen LogP contribution in [-0.2, 0) is 30.4 Å². The topological polar surface area (TPSA) is 191 Å². The molecule has 11 nitrogen and oxygen atoms in total. The van der Waals surface area contributed by atoms with E-state index in [-0.39, 0.29) is 17.0 Å². The molecule has 0 bridgehead atoms. The summed E-state index contributed by atoms with van der Waals surface area (Å²) >= 11 is 2.43.